The van der Waals surface area contributed by atoms with Gasteiger partial charge >= 0.3 is 0 Å². The number of aryl methyl sites for hydroxylation is 1. The molecule has 5 heteroatoms. The SMILES string of the molecule is Cc1cn(-c2ccc(C3=NOCC3)cc2F)cn1. The fourth-order valence-electron chi connectivity index (χ4n) is 1.96. The van der Waals surface area contributed by atoms with Gasteiger partial charge in [0.15, 0.2) is 0 Å². The Labute approximate surface area is 104 Å². The molecule has 0 saturated carbocycles. The highest BCUT2D eigenvalue weighted by atomic mass is 19.1. The van der Waals surface area contributed by atoms with Gasteiger partial charge in [0.2, 0.25) is 0 Å². The smallest absolute Gasteiger partial charge is 0.147 e. The summed E-state index contributed by atoms with van der Waals surface area (Å²) in [5, 5.41) is 3.88. The van der Waals surface area contributed by atoms with Crippen LogP contribution in [0.3, 0.4) is 0 Å². The van der Waals surface area contributed by atoms with Crippen molar-refractivity contribution in [3.63, 3.8) is 0 Å². The summed E-state index contributed by atoms with van der Waals surface area (Å²) < 4.78 is 15.7. The number of hydrogen-bond acceptors (Lipinski definition) is 3. The quantitative estimate of drug-likeness (QED) is 0.815. The van der Waals surface area contributed by atoms with Crippen LogP contribution in [0.2, 0.25) is 0 Å². The minimum absolute atomic E-state index is 0.292. The van der Waals surface area contributed by atoms with Gasteiger partial charge in [0, 0.05) is 18.2 Å². The predicted octanol–water partition coefficient (Wildman–Crippen LogP) is 2.44. The maximum Gasteiger partial charge on any atom is 0.147 e. The molecule has 0 spiro atoms. The molecule has 1 aromatic heterocycles. The Morgan fingerprint density at radius 2 is 2.28 bits per heavy atom. The van der Waals surface area contributed by atoms with Crippen molar-refractivity contribution >= 4 is 5.71 Å². The first kappa shape index (κ1) is 11.0. The second kappa shape index (κ2) is 4.25. The van der Waals surface area contributed by atoms with Crippen LogP contribution >= 0.6 is 0 Å². The molecule has 1 aliphatic rings. The molecule has 2 aromatic rings. The second-order valence-corrected chi connectivity index (χ2v) is 4.21. The van der Waals surface area contributed by atoms with E-state index < -0.39 is 0 Å². The monoisotopic (exact) mass is 245 g/mol. The van der Waals surface area contributed by atoms with Gasteiger partial charge in [-0.2, -0.15) is 0 Å². The Morgan fingerprint density at radius 3 is 2.89 bits per heavy atom. The molecule has 0 N–H and O–H groups in total. The predicted molar refractivity (Wildman–Crippen MR) is 65.4 cm³/mol. The van der Waals surface area contributed by atoms with Crippen LogP contribution < -0.4 is 0 Å². The van der Waals surface area contributed by atoms with Crippen molar-refractivity contribution in [1.29, 1.82) is 0 Å². The third kappa shape index (κ3) is 1.88. The summed E-state index contributed by atoms with van der Waals surface area (Å²) >= 11 is 0. The lowest BCUT2D eigenvalue weighted by Crippen LogP contribution is -2.01. The van der Waals surface area contributed by atoms with Crippen LogP contribution in [-0.4, -0.2) is 21.9 Å². The van der Waals surface area contributed by atoms with Crippen molar-refractivity contribution in [3.8, 4) is 5.69 Å². The number of aromatic nitrogens is 2. The highest BCUT2D eigenvalue weighted by molar-refractivity contribution is 6.01. The fraction of sp³-hybridized carbons (Fsp3) is 0.231. The average Bonchev–Trinajstić information content (AvgIpc) is 2.99. The molecular formula is C13H12FN3O. The van der Waals surface area contributed by atoms with Crippen LogP contribution in [0.15, 0.2) is 35.9 Å². The van der Waals surface area contributed by atoms with E-state index in [0.717, 1.165) is 23.4 Å². The van der Waals surface area contributed by atoms with E-state index in [1.54, 1.807) is 23.2 Å². The van der Waals surface area contributed by atoms with Crippen molar-refractivity contribution in [3.05, 3.63) is 47.8 Å². The number of hydrogen-bond donors (Lipinski definition) is 0. The summed E-state index contributed by atoms with van der Waals surface area (Å²) in [5.41, 5.74) is 2.90. The Hall–Kier alpha value is -2.17. The van der Waals surface area contributed by atoms with Crippen molar-refractivity contribution in [2.75, 3.05) is 6.61 Å². The molecule has 0 saturated heterocycles. The van der Waals surface area contributed by atoms with Gasteiger partial charge in [-0.05, 0) is 19.1 Å². The molecule has 0 fully saturated rings. The third-order valence-electron chi connectivity index (χ3n) is 2.88. The van der Waals surface area contributed by atoms with Crippen molar-refractivity contribution < 1.29 is 9.23 Å². The van der Waals surface area contributed by atoms with Gasteiger partial charge in [-0.3, -0.25) is 0 Å². The molecule has 0 aliphatic carbocycles. The van der Waals surface area contributed by atoms with Gasteiger partial charge in [-0.25, -0.2) is 9.37 Å². The molecule has 1 aliphatic heterocycles. The minimum Gasteiger partial charge on any atom is -0.395 e. The molecule has 0 amide bonds. The summed E-state index contributed by atoms with van der Waals surface area (Å²) in [6.07, 6.45) is 4.11. The molecule has 0 radical (unpaired) electrons. The van der Waals surface area contributed by atoms with Crippen LogP contribution in [-0.2, 0) is 4.84 Å². The number of oxime groups is 1. The van der Waals surface area contributed by atoms with Gasteiger partial charge in [0.1, 0.15) is 12.4 Å². The molecule has 4 nitrogen and oxygen atoms in total. The van der Waals surface area contributed by atoms with Gasteiger partial charge in [0.05, 0.1) is 23.4 Å². The minimum atomic E-state index is -0.292. The number of imidazole rings is 1. The maximum absolute atomic E-state index is 14.1. The molecule has 2 heterocycles. The van der Waals surface area contributed by atoms with E-state index in [4.69, 9.17) is 4.84 Å². The van der Waals surface area contributed by atoms with E-state index in [1.165, 1.54) is 6.07 Å². The number of halogens is 1. The van der Waals surface area contributed by atoms with E-state index in [1.807, 2.05) is 13.0 Å². The second-order valence-electron chi connectivity index (χ2n) is 4.21. The first-order chi connectivity index (χ1) is 8.74. The molecule has 0 atom stereocenters. The maximum atomic E-state index is 14.1. The van der Waals surface area contributed by atoms with Crippen LogP contribution in [0.5, 0.6) is 0 Å². The standard InChI is InChI=1S/C13H12FN3O/c1-9-7-17(8-15-9)13-3-2-10(6-11(13)14)12-4-5-18-16-12/h2-3,6-8H,4-5H2,1H3. The lowest BCUT2D eigenvalue weighted by molar-refractivity contribution is 0.174. The molecule has 18 heavy (non-hydrogen) atoms. The molecule has 0 unspecified atom stereocenters. The lowest BCUT2D eigenvalue weighted by Gasteiger charge is -2.05. The Balaban J connectivity index is 1.98. The summed E-state index contributed by atoms with van der Waals surface area (Å²) in [6.45, 7) is 2.44. The third-order valence-corrected chi connectivity index (χ3v) is 2.88. The first-order valence-electron chi connectivity index (χ1n) is 5.74. The molecule has 3 rings (SSSR count). The van der Waals surface area contributed by atoms with Crippen molar-refractivity contribution in [2.24, 2.45) is 5.16 Å². The van der Waals surface area contributed by atoms with Gasteiger partial charge in [-0.15, -0.1) is 0 Å². The van der Waals surface area contributed by atoms with Crippen LogP contribution in [0.4, 0.5) is 4.39 Å². The topological polar surface area (TPSA) is 39.4 Å². The molecule has 1 aromatic carbocycles. The number of nitrogens with zero attached hydrogens (tertiary/aromatic N) is 3. The van der Waals surface area contributed by atoms with E-state index in [2.05, 4.69) is 10.1 Å². The van der Waals surface area contributed by atoms with Crippen LogP contribution in [0.1, 0.15) is 17.7 Å². The zero-order chi connectivity index (χ0) is 12.5. The number of benzene rings is 1. The number of rotatable bonds is 2. The highest BCUT2D eigenvalue weighted by Gasteiger charge is 2.13. The van der Waals surface area contributed by atoms with E-state index in [9.17, 15) is 4.39 Å². The fourth-order valence-corrected chi connectivity index (χ4v) is 1.96. The first-order valence-corrected chi connectivity index (χ1v) is 5.74. The van der Waals surface area contributed by atoms with E-state index in [0.29, 0.717) is 12.3 Å². The lowest BCUT2D eigenvalue weighted by atomic mass is 10.1. The van der Waals surface area contributed by atoms with E-state index >= 15 is 0 Å². The Morgan fingerprint density at radius 1 is 1.39 bits per heavy atom. The molecule has 0 bridgehead atoms. The summed E-state index contributed by atoms with van der Waals surface area (Å²) in [6, 6.07) is 5.06. The molecular weight excluding hydrogens is 233 g/mol. The Kier molecular flexibility index (Phi) is 2.59. The Bertz CT molecular complexity index is 618. The normalized spacial score (nSPS) is 14.4. The van der Waals surface area contributed by atoms with Crippen molar-refractivity contribution in [2.45, 2.75) is 13.3 Å². The summed E-state index contributed by atoms with van der Waals surface area (Å²) in [7, 11) is 0. The van der Waals surface area contributed by atoms with Crippen LogP contribution in [0, 0.1) is 12.7 Å². The summed E-state index contributed by atoms with van der Waals surface area (Å²) in [4.78, 5) is 9.01. The van der Waals surface area contributed by atoms with E-state index in [-0.39, 0.29) is 5.82 Å². The zero-order valence-electron chi connectivity index (χ0n) is 9.93. The molecule has 92 valence electrons. The van der Waals surface area contributed by atoms with Gasteiger partial charge < -0.3 is 9.40 Å². The summed E-state index contributed by atoms with van der Waals surface area (Å²) in [5.74, 6) is -0.292. The highest BCUT2D eigenvalue weighted by Crippen LogP contribution is 2.18. The van der Waals surface area contributed by atoms with Crippen LogP contribution in [0.25, 0.3) is 5.69 Å². The zero-order valence-corrected chi connectivity index (χ0v) is 9.93. The largest absolute Gasteiger partial charge is 0.395 e. The average molecular weight is 245 g/mol. The van der Waals surface area contributed by atoms with Gasteiger partial charge in [0.25, 0.3) is 0 Å². The van der Waals surface area contributed by atoms with Crippen molar-refractivity contribution in [1.82, 2.24) is 9.55 Å². The van der Waals surface area contributed by atoms with Gasteiger partial charge in [-0.1, -0.05) is 11.2 Å².